The summed E-state index contributed by atoms with van der Waals surface area (Å²) in [5.41, 5.74) is 2.61. The number of anilines is 2. The first-order chi connectivity index (χ1) is 13.5. The van der Waals surface area contributed by atoms with Crippen LogP contribution in [0, 0.1) is 6.92 Å². The maximum absolute atomic E-state index is 12.4. The lowest BCUT2D eigenvalue weighted by atomic mass is 10.3. The van der Waals surface area contributed by atoms with Gasteiger partial charge in [-0.3, -0.25) is 14.5 Å². The van der Waals surface area contributed by atoms with Crippen LogP contribution in [0.5, 0.6) is 0 Å². The Labute approximate surface area is 172 Å². The Bertz CT molecular complexity index is 992. The molecule has 1 aromatic carbocycles. The van der Waals surface area contributed by atoms with E-state index in [1.54, 1.807) is 34.3 Å². The number of thiophene rings is 1. The number of carbonyl (C=O) groups excluding carboxylic acids is 2. The van der Waals surface area contributed by atoms with Crippen molar-refractivity contribution >= 4 is 51.4 Å². The number of aryl methyl sites for hydroxylation is 1. The second-order valence-electron chi connectivity index (χ2n) is 6.30. The van der Waals surface area contributed by atoms with E-state index in [4.69, 9.17) is 0 Å². The maximum atomic E-state index is 12.4. The second kappa shape index (κ2) is 8.95. The van der Waals surface area contributed by atoms with Gasteiger partial charge in [0.25, 0.3) is 0 Å². The molecule has 2 amide bonds. The number of benzene rings is 1. The van der Waals surface area contributed by atoms with Crippen LogP contribution in [0.4, 0.5) is 10.8 Å². The smallest absolute Gasteiger partial charge is 0.246 e. The summed E-state index contributed by atoms with van der Waals surface area (Å²) in [6, 6.07) is 11.4. The topological polar surface area (TPSA) is 53.5 Å². The van der Waals surface area contributed by atoms with Gasteiger partial charge in [-0.25, -0.2) is 4.98 Å². The Morgan fingerprint density at radius 2 is 1.89 bits per heavy atom. The zero-order valence-electron chi connectivity index (χ0n) is 16.0. The van der Waals surface area contributed by atoms with E-state index < -0.39 is 0 Å². The van der Waals surface area contributed by atoms with Gasteiger partial charge in [-0.15, -0.1) is 22.7 Å². The van der Waals surface area contributed by atoms with Crippen LogP contribution in [0.15, 0.2) is 53.2 Å². The summed E-state index contributed by atoms with van der Waals surface area (Å²) in [7, 11) is 1.78. The minimum absolute atomic E-state index is 0.0890. The Morgan fingerprint density at radius 3 is 2.54 bits per heavy atom. The van der Waals surface area contributed by atoms with Gasteiger partial charge in [0.1, 0.15) is 0 Å². The number of carbonyl (C=O) groups is 2. The number of amides is 2. The van der Waals surface area contributed by atoms with E-state index in [1.807, 2.05) is 48.0 Å². The standard InChI is InChI=1S/C21H21N3O2S2/c1-15-11-12-27-19(15)13-23(3)20(26)10-9-17-14-28-21(22-17)24(16(2)25)18-7-5-4-6-8-18/h4-12,14H,13H2,1-3H3/b10-9+. The van der Waals surface area contributed by atoms with E-state index in [9.17, 15) is 9.59 Å². The minimum Gasteiger partial charge on any atom is -0.337 e. The van der Waals surface area contributed by atoms with Crippen LogP contribution in [-0.2, 0) is 16.1 Å². The molecule has 0 aliphatic carbocycles. The van der Waals surface area contributed by atoms with Crippen molar-refractivity contribution in [3.8, 4) is 0 Å². The van der Waals surface area contributed by atoms with Gasteiger partial charge in [0.15, 0.2) is 5.13 Å². The van der Waals surface area contributed by atoms with Crippen LogP contribution < -0.4 is 4.90 Å². The highest BCUT2D eigenvalue weighted by Gasteiger charge is 2.17. The van der Waals surface area contributed by atoms with Crippen molar-refractivity contribution < 1.29 is 9.59 Å². The fourth-order valence-electron chi connectivity index (χ4n) is 2.60. The van der Waals surface area contributed by atoms with Gasteiger partial charge in [0, 0.05) is 30.3 Å². The molecule has 0 fully saturated rings. The molecule has 2 aromatic heterocycles. The average Bonchev–Trinajstić information content (AvgIpc) is 3.30. The molecular formula is C21H21N3O2S2. The lowest BCUT2D eigenvalue weighted by molar-refractivity contribution is -0.125. The van der Waals surface area contributed by atoms with Crippen LogP contribution in [0.1, 0.15) is 23.1 Å². The highest BCUT2D eigenvalue weighted by atomic mass is 32.1. The molecule has 0 N–H and O–H groups in total. The summed E-state index contributed by atoms with van der Waals surface area (Å²) in [5.74, 6) is -0.202. The molecule has 0 atom stereocenters. The number of hydrogen-bond acceptors (Lipinski definition) is 5. The largest absolute Gasteiger partial charge is 0.337 e. The molecule has 5 nitrogen and oxygen atoms in total. The van der Waals surface area contributed by atoms with Crippen molar-refractivity contribution in [2.45, 2.75) is 20.4 Å². The van der Waals surface area contributed by atoms with E-state index in [0.29, 0.717) is 17.4 Å². The number of para-hydroxylation sites is 1. The number of aromatic nitrogens is 1. The van der Waals surface area contributed by atoms with Crippen LogP contribution in [0.25, 0.3) is 6.08 Å². The molecular weight excluding hydrogens is 390 g/mol. The fourth-order valence-corrected chi connectivity index (χ4v) is 4.42. The third-order valence-corrected chi connectivity index (χ3v) is 6.00. The van der Waals surface area contributed by atoms with Gasteiger partial charge < -0.3 is 4.90 Å². The normalized spacial score (nSPS) is 11.0. The number of thiazole rings is 1. The van der Waals surface area contributed by atoms with E-state index in [0.717, 1.165) is 5.69 Å². The molecule has 0 bridgehead atoms. The van der Waals surface area contributed by atoms with Crippen LogP contribution in [0.3, 0.4) is 0 Å². The highest BCUT2D eigenvalue weighted by Crippen LogP contribution is 2.29. The first-order valence-electron chi connectivity index (χ1n) is 8.73. The molecule has 3 aromatic rings. The summed E-state index contributed by atoms with van der Waals surface area (Å²) < 4.78 is 0. The molecule has 3 rings (SSSR count). The predicted octanol–water partition coefficient (Wildman–Crippen LogP) is 4.87. The number of hydrogen-bond donors (Lipinski definition) is 0. The lowest BCUT2D eigenvalue weighted by Gasteiger charge is -2.17. The quantitative estimate of drug-likeness (QED) is 0.544. The van der Waals surface area contributed by atoms with Gasteiger partial charge in [-0.2, -0.15) is 0 Å². The molecule has 0 spiro atoms. The van der Waals surface area contributed by atoms with Gasteiger partial charge in [0.05, 0.1) is 17.9 Å². The van der Waals surface area contributed by atoms with Crippen LogP contribution in [-0.4, -0.2) is 28.7 Å². The van der Waals surface area contributed by atoms with Crippen molar-refractivity contribution in [3.05, 3.63) is 69.4 Å². The summed E-state index contributed by atoms with van der Waals surface area (Å²) in [4.78, 5) is 33.4. The van der Waals surface area contributed by atoms with Crippen molar-refractivity contribution in [1.29, 1.82) is 0 Å². The zero-order chi connectivity index (χ0) is 20.1. The van der Waals surface area contributed by atoms with Crippen molar-refractivity contribution in [3.63, 3.8) is 0 Å². The molecule has 28 heavy (non-hydrogen) atoms. The van der Waals surface area contributed by atoms with Crippen LogP contribution >= 0.6 is 22.7 Å². The summed E-state index contributed by atoms with van der Waals surface area (Å²) in [6.45, 7) is 4.14. The third kappa shape index (κ3) is 4.74. The molecule has 0 saturated heterocycles. The van der Waals surface area contributed by atoms with E-state index in [-0.39, 0.29) is 11.8 Å². The summed E-state index contributed by atoms with van der Waals surface area (Å²) in [6.07, 6.45) is 3.20. The number of likely N-dealkylation sites (N-methyl/N-ethyl adjacent to an activating group) is 1. The van der Waals surface area contributed by atoms with Crippen molar-refractivity contribution in [2.75, 3.05) is 11.9 Å². The lowest BCUT2D eigenvalue weighted by Crippen LogP contribution is -2.24. The Hall–Kier alpha value is -2.77. The summed E-state index contributed by atoms with van der Waals surface area (Å²) >= 11 is 3.02. The van der Waals surface area contributed by atoms with E-state index in [2.05, 4.69) is 11.1 Å². The summed E-state index contributed by atoms with van der Waals surface area (Å²) in [5, 5.41) is 4.44. The Balaban J connectivity index is 1.70. The molecule has 0 saturated carbocycles. The first kappa shape index (κ1) is 20.0. The Morgan fingerprint density at radius 1 is 1.14 bits per heavy atom. The minimum atomic E-state index is -0.113. The van der Waals surface area contributed by atoms with E-state index in [1.165, 1.54) is 34.8 Å². The SMILES string of the molecule is CC(=O)N(c1ccccc1)c1nc(/C=C/C(=O)N(C)Cc2sccc2C)cs1. The predicted molar refractivity (Wildman–Crippen MR) is 116 cm³/mol. The number of nitrogens with zero attached hydrogens (tertiary/aromatic N) is 3. The molecule has 0 radical (unpaired) electrons. The van der Waals surface area contributed by atoms with E-state index >= 15 is 0 Å². The molecule has 0 unspecified atom stereocenters. The third-order valence-electron chi connectivity index (χ3n) is 4.15. The highest BCUT2D eigenvalue weighted by molar-refractivity contribution is 7.14. The molecule has 7 heteroatoms. The van der Waals surface area contributed by atoms with Gasteiger partial charge in [0.2, 0.25) is 11.8 Å². The zero-order valence-corrected chi connectivity index (χ0v) is 17.6. The average molecular weight is 412 g/mol. The van der Waals surface area contributed by atoms with Crippen LogP contribution in [0.2, 0.25) is 0 Å². The Kier molecular flexibility index (Phi) is 6.38. The fraction of sp³-hybridized carbons (Fsp3) is 0.190. The maximum Gasteiger partial charge on any atom is 0.246 e. The van der Waals surface area contributed by atoms with Gasteiger partial charge >= 0.3 is 0 Å². The second-order valence-corrected chi connectivity index (χ2v) is 8.14. The number of rotatable bonds is 6. The van der Waals surface area contributed by atoms with Gasteiger partial charge in [-0.05, 0) is 42.1 Å². The van der Waals surface area contributed by atoms with Crippen molar-refractivity contribution in [2.24, 2.45) is 0 Å². The first-order valence-corrected chi connectivity index (χ1v) is 10.5. The van der Waals surface area contributed by atoms with Gasteiger partial charge in [-0.1, -0.05) is 18.2 Å². The molecule has 2 heterocycles. The molecule has 0 aliphatic rings. The molecule has 144 valence electrons. The van der Waals surface area contributed by atoms with Crippen molar-refractivity contribution in [1.82, 2.24) is 9.88 Å². The monoisotopic (exact) mass is 411 g/mol. The molecule has 0 aliphatic heterocycles.